The Kier molecular flexibility index (Phi) is 6.66. The van der Waals surface area contributed by atoms with Crippen molar-refractivity contribution in [3.8, 4) is 11.5 Å². The van der Waals surface area contributed by atoms with Crippen LogP contribution in [0.25, 0.3) is 0 Å². The highest BCUT2D eigenvalue weighted by Gasteiger charge is 2.28. The van der Waals surface area contributed by atoms with E-state index in [1.54, 1.807) is 0 Å². The van der Waals surface area contributed by atoms with E-state index in [1.807, 2.05) is 5.43 Å². The molecule has 0 atom stereocenters. The van der Waals surface area contributed by atoms with Gasteiger partial charge in [0.15, 0.2) is 0 Å². The van der Waals surface area contributed by atoms with Crippen molar-refractivity contribution < 1.29 is 29.4 Å². The second-order valence-corrected chi connectivity index (χ2v) is 5.58. The van der Waals surface area contributed by atoms with Gasteiger partial charge in [0.25, 0.3) is 11.8 Å². The van der Waals surface area contributed by atoms with E-state index in [0.29, 0.717) is 5.01 Å². The summed E-state index contributed by atoms with van der Waals surface area (Å²) in [6.07, 6.45) is -0.768. The second-order valence-electron chi connectivity index (χ2n) is 5.58. The number of nitrogens with zero attached hydrogens (tertiary/aromatic N) is 1. The van der Waals surface area contributed by atoms with Crippen molar-refractivity contribution in [2.24, 2.45) is 5.84 Å². The lowest BCUT2D eigenvalue weighted by molar-refractivity contribution is -0.133. The second kappa shape index (κ2) is 9.14. The Morgan fingerprint density at radius 2 is 1.39 bits per heavy atom. The number of para-hydroxylation sites is 2. The highest BCUT2D eigenvalue weighted by Crippen LogP contribution is 2.19. The van der Waals surface area contributed by atoms with Crippen LogP contribution in [0.3, 0.4) is 0 Å². The van der Waals surface area contributed by atoms with Crippen LogP contribution in [0.15, 0.2) is 48.5 Å². The summed E-state index contributed by atoms with van der Waals surface area (Å²) in [6.45, 7) is 0. The van der Waals surface area contributed by atoms with Crippen molar-refractivity contribution in [1.82, 2.24) is 15.9 Å². The third-order valence-electron chi connectivity index (χ3n) is 3.68. The summed E-state index contributed by atoms with van der Waals surface area (Å²) in [5, 5.41) is 20.0. The van der Waals surface area contributed by atoms with E-state index in [-0.39, 0.29) is 23.3 Å². The van der Waals surface area contributed by atoms with Crippen molar-refractivity contribution in [1.29, 1.82) is 0 Å². The number of carbonyl (C=O) groups excluding carboxylic acids is 4. The Hall–Kier alpha value is -3.92. The largest absolute Gasteiger partial charge is 0.507 e. The molecule has 28 heavy (non-hydrogen) atoms. The molecule has 0 bridgehead atoms. The normalized spacial score (nSPS) is 10.0. The fourth-order valence-electron chi connectivity index (χ4n) is 2.23. The molecular weight excluding hydrogens is 368 g/mol. The van der Waals surface area contributed by atoms with Gasteiger partial charge < -0.3 is 10.2 Å². The monoisotopic (exact) mass is 386 g/mol. The van der Waals surface area contributed by atoms with E-state index in [2.05, 4.69) is 5.43 Å². The van der Waals surface area contributed by atoms with Gasteiger partial charge in [0, 0.05) is 12.8 Å². The topological polar surface area (TPSA) is 162 Å². The minimum Gasteiger partial charge on any atom is -0.507 e. The van der Waals surface area contributed by atoms with E-state index in [9.17, 15) is 29.4 Å². The Labute approximate surface area is 159 Å². The number of imide groups is 1. The highest BCUT2D eigenvalue weighted by molar-refractivity contribution is 6.09. The molecule has 146 valence electrons. The molecule has 0 unspecified atom stereocenters. The smallest absolute Gasteiger partial charge is 0.283 e. The first kappa shape index (κ1) is 20.4. The molecule has 0 aliphatic heterocycles. The van der Waals surface area contributed by atoms with Gasteiger partial charge in [-0.1, -0.05) is 24.3 Å². The lowest BCUT2D eigenvalue weighted by Gasteiger charge is -2.22. The minimum absolute atomic E-state index is 0.176. The molecule has 4 amide bonds. The van der Waals surface area contributed by atoms with Crippen molar-refractivity contribution in [2.45, 2.75) is 12.8 Å². The van der Waals surface area contributed by atoms with Crippen molar-refractivity contribution in [2.75, 3.05) is 0 Å². The molecule has 0 aliphatic rings. The quantitative estimate of drug-likeness (QED) is 0.278. The van der Waals surface area contributed by atoms with Gasteiger partial charge in [0.05, 0.1) is 11.1 Å². The average molecular weight is 386 g/mol. The number of phenolic OH excluding ortho intramolecular Hbond substituents is 2. The number of nitrogens with one attached hydrogen (secondary N) is 2. The predicted octanol–water partition coefficient (Wildman–Crippen LogP) is 0.182. The van der Waals surface area contributed by atoms with Gasteiger partial charge in [-0.15, -0.1) is 0 Å². The standard InChI is InChI=1S/C18H18N4O6/c19-20-15(25)9-10-16(26)22(18(28)12-6-2-4-8-14(12)24)21-17(27)11-5-1-3-7-13(11)23/h1-8,23-24H,9-10,19H2,(H,20,25)(H,21,27). The number of carbonyl (C=O) groups is 4. The van der Waals surface area contributed by atoms with Crippen molar-refractivity contribution in [3.63, 3.8) is 0 Å². The van der Waals surface area contributed by atoms with Gasteiger partial charge in [-0.25, -0.2) is 5.84 Å². The Bertz CT molecular complexity index is 914. The predicted molar refractivity (Wildman–Crippen MR) is 96.4 cm³/mol. The summed E-state index contributed by atoms with van der Waals surface area (Å²) in [6, 6.07) is 11.0. The SMILES string of the molecule is NNC(=O)CCC(=O)N(NC(=O)c1ccccc1O)C(=O)c1ccccc1O. The van der Waals surface area contributed by atoms with Crippen LogP contribution in [0.1, 0.15) is 33.6 Å². The lowest BCUT2D eigenvalue weighted by Crippen LogP contribution is -2.50. The number of hydrogen-bond donors (Lipinski definition) is 5. The molecule has 2 aromatic rings. The van der Waals surface area contributed by atoms with Crippen LogP contribution in [-0.2, 0) is 9.59 Å². The summed E-state index contributed by atoms with van der Waals surface area (Å²) in [7, 11) is 0. The number of rotatable bonds is 5. The maximum atomic E-state index is 12.7. The average Bonchev–Trinajstić information content (AvgIpc) is 2.70. The highest BCUT2D eigenvalue weighted by atomic mass is 16.3. The van der Waals surface area contributed by atoms with Gasteiger partial charge in [-0.05, 0) is 24.3 Å². The van der Waals surface area contributed by atoms with Gasteiger partial charge in [-0.3, -0.25) is 30.0 Å². The fourth-order valence-corrected chi connectivity index (χ4v) is 2.23. The summed E-state index contributed by atoms with van der Waals surface area (Å²) in [5.41, 5.74) is 3.54. The zero-order valence-electron chi connectivity index (χ0n) is 14.6. The first-order valence-corrected chi connectivity index (χ1v) is 8.09. The Morgan fingerprint density at radius 3 is 1.93 bits per heavy atom. The number of phenols is 2. The molecule has 0 heterocycles. The molecule has 6 N–H and O–H groups in total. The van der Waals surface area contributed by atoms with Crippen molar-refractivity contribution >= 4 is 23.6 Å². The third kappa shape index (κ3) is 4.83. The van der Waals surface area contributed by atoms with Crippen LogP contribution in [0.2, 0.25) is 0 Å². The maximum Gasteiger partial charge on any atom is 0.283 e. The lowest BCUT2D eigenvalue weighted by atomic mass is 10.1. The van der Waals surface area contributed by atoms with Gasteiger partial charge in [-0.2, -0.15) is 5.01 Å². The van der Waals surface area contributed by atoms with E-state index < -0.39 is 35.8 Å². The van der Waals surface area contributed by atoms with Crippen LogP contribution in [0.4, 0.5) is 0 Å². The zero-order valence-corrected chi connectivity index (χ0v) is 14.6. The van der Waals surface area contributed by atoms with Gasteiger partial charge in [0.1, 0.15) is 11.5 Å². The van der Waals surface area contributed by atoms with Crippen LogP contribution in [-0.4, -0.2) is 38.9 Å². The molecule has 0 aromatic heterocycles. The molecule has 10 heteroatoms. The zero-order chi connectivity index (χ0) is 20.7. The molecule has 2 rings (SSSR count). The van der Waals surface area contributed by atoms with Gasteiger partial charge in [0.2, 0.25) is 11.8 Å². The van der Waals surface area contributed by atoms with Crippen molar-refractivity contribution in [3.05, 3.63) is 59.7 Å². The number of nitrogens with two attached hydrogens (primary N) is 1. The molecule has 0 saturated carbocycles. The fraction of sp³-hybridized carbons (Fsp3) is 0.111. The number of aromatic hydroxyl groups is 2. The summed E-state index contributed by atoms with van der Waals surface area (Å²) < 4.78 is 0. The summed E-state index contributed by atoms with van der Waals surface area (Å²) in [4.78, 5) is 48.9. The minimum atomic E-state index is -1.01. The third-order valence-corrected chi connectivity index (χ3v) is 3.68. The molecule has 2 aromatic carbocycles. The van der Waals surface area contributed by atoms with Crippen LogP contribution in [0, 0.1) is 0 Å². The van der Waals surface area contributed by atoms with E-state index >= 15 is 0 Å². The van der Waals surface area contributed by atoms with Crippen LogP contribution < -0.4 is 16.7 Å². The first-order valence-electron chi connectivity index (χ1n) is 8.09. The molecule has 0 fully saturated rings. The van der Waals surface area contributed by atoms with E-state index in [1.165, 1.54) is 48.5 Å². The first-order chi connectivity index (χ1) is 13.3. The molecule has 10 nitrogen and oxygen atoms in total. The maximum absolute atomic E-state index is 12.7. The summed E-state index contributed by atoms with van der Waals surface area (Å²) >= 11 is 0. The number of hydrazine groups is 2. The molecule has 0 saturated heterocycles. The van der Waals surface area contributed by atoms with Gasteiger partial charge >= 0.3 is 0 Å². The van der Waals surface area contributed by atoms with E-state index in [0.717, 1.165) is 0 Å². The number of amides is 4. The number of hydrogen-bond acceptors (Lipinski definition) is 7. The number of benzene rings is 2. The molecule has 0 radical (unpaired) electrons. The van der Waals surface area contributed by atoms with Crippen LogP contribution in [0.5, 0.6) is 11.5 Å². The molecule has 0 spiro atoms. The summed E-state index contributed by atoms with van der Waals surface area (Å²) in [5.74, 6) is 0.694. The van der Waals surface area contributed by atoms with E-state index in [4.69, 9.17) is 5.84 Å². The Balaban J connectivity index is 2.30. The van der Waals surface area contributed by atoms with Crippen LogP contribution >= 0.6 is 0 Å². The molecule has 0 aliphatic carbocycles. The molecular formula is C18H18N4O6. The Morgan fingerprint density at radius 1 is 0.857 bits per heavy atom.